The number of nitrogens with one attached hydrogen (secondary N) is 1. The van der Waals surface area contributed by atoms with Crippen LogP contribution in [-0.4, -0.2) is 45.8 Å². The summed E-state index contributed by atoms with van der Waals surface area (Å²) in [6, 6.07) is 2.98. The largest absolute Gasteiger partial charge is 0.349 e. The van der Waals surface area contributed by atoms with Gasteiger partial charge < -0.3 is 5.32 Å². The van der Waals surface area contributed by atoms with Gasteiger partial charge in [-0.25, -0.2) is 4.68 Å². The standard InChI is InChI=1S/C20H32N4O2/c1-2-13-24-18(25)10-9-17(22-24)19(26)21-16-20(11-5-3-6-12-20)23-14-7-4-8-15-23/h9-10H,2-8,11-16H2,1H3,(H,21,26). The van der Waals surface area contributed by atoms with Gasteiger partial charge in [0, 0.05) is 24.7 Å². The fraction of sp³-hybridized carbons (Fsp3) is 0.750. The first-order chi connectivity index (χ1) is 12.6. The number of aryl methyl sites for hydroxylation is 1. The molecule has 0 spiro atoms. The van der Waals surface area contributed by atoms with Gasteiger partial charge in [-0.15, -0.1) is 0 Å². The van der Waals surface area contributed by atoms with Crippen LogP contribution in [0.25, 0.3) is 0 Å². The summed E-state index contributed by atoms with van der Waals surface area (Å²) < 4.78 is 1.38. The lowest BCUT2D eigenvalue weighted by Crippen LogP contribution is -2.58. The lowest BCUT2D eigenvalue weighted by atomic mass is 9.79. The van der Waals surface area contributed by atoms with Crippen LogP contribution in [0, 0.1) is 0 Å². The molecule has 6 heteroatoms. The molecule has 1 aromatic rings. The van der Waals surface area contributed by atoms with E-state index >= 15 is 0 Å². The average Bonchev–Trinajstić information content (AvgIpc) is 2.69. The van der Waals surface area contributed by atoms with E-state index in [4.69, 9.17) is 0 Å². The zero-order valence-electron chi connectivity index (χ0n) is 16.0. The molecular formula is C20H32N4O2. The Morgan fingerprint density at radius 3 is 2.50 bits per heavy atom. The van der Waals surface area contributed by atoms with Gasteiger partial charge >= 0.3 is 0 Å². The zero-order valence-corrected chi connectivity index (χ0v) is 16.0. The van der Waals surface area contributed by atoms with Crippen LogP contribution in [0.2, 0.25) is 0 Å². The summed E-state index contributed by atoms with van der Waals surface area (Å²) >= 11 is 0. The molecule has 0 aromatic carbocycles. The molecule has 0 unspecified atom stereocenters. The molecule has 1 saturated heterocycles. The minimum atomic E-state index is -0.170. The second-order valence-electron chi connectivity index (χ2n) is 7.80. The number of likely N-dealkylation sites (tertiary alicyclic amines) is 1. The molecular weight excluding hydrogens is 328 g/mol. The van der Waals surface area contributed by atoms with Gasteiger partial charge in [-0.1, -0.05) is 32.6 Å². The number of carbonyl (C=O) groups is 1. The number of nitrogens with zero attached hydrogens (tertiary/aromatic N) is 3. The Morgan fingerprint density at radius 1 is 1.12 bits per heavy atom. The van der Waals surface area contributed by atoms with Crippen molar-refractivity contribution in [3.8, 4) is 0 Å². The normalized spacial score (nSPS) is 20.7. The van der Waals surface area contributed by atoms with E-state index in [-0.39, 0.29) is 17.0 Å². The zero-order chi connectivity index (χ0) is 18.4. The number of amides is 1. The summed E-state index contributed by atoms with van der Waals surface area (Å²) in [4.78, 5) is 27.1. The molecule has 2 fully saturated rings. The highest BCUT2D eigenvalue weighted by molar-refractivity contribution is 5.92. The van der Waals surface area contributed by atoms with Gasteiger partial charge in [-0.3, -0.25) is 14.5 Å². The monoisotopic (exact) mass is 360 g/mol. The first kappa shape index (κ1) is 19.1. The molecule has 1 aliphatic heterocycles. The third-order valence-electron chi connectivity index (χ3n) is 5.92. The number of carbonyl (C=O) groups excluding carboxylic acids is 1. The molecule has 0 atom stereocenters. The quantitative estimate of drug-likeness (QED) is 0.847. The van der Waals surface area contributed by atoms with Crippen molar-refractivity contribution in [2.75, 3.05) is 19.6 Å². The van der Waals surface area contributed by atoms with Gasteiger partial charge in [0.15, 0.2) is 0 Å². The van der Waals surface area contributed by atoms with Gasteiger partial charge in [0.2, 0.25) is 0 Å². The molecule has 2 aliphatic rings. The lowest BCUT2D eigenvalue weighted by Gasteiger charge is -2.48. The first-order valence-corrected chi connectivity index (χ1v) is 10.3. The molecule has 6 nitrogen and oxygen atoms in total. The van der Waals surface area contributed by atoms with Crippen molar-refractivity contribution in [3.63, 3.8) is 0 Å². The van der Waals surface area contributed by atoms with Crippen molar-refractivity contribution in [3.05, 3.63) is 28.2 Å². The molecule has 1 aliphatic carbocycles. The van der Waals surface area contributed by atoms with Crippen LogP contribution in [0.15, 0.2) is 16.9 Å². The third kappa shape index (κ3) is 4.34. The van der Waals surface area contributed by atoms with E-state index in [0.29, 0.717) is 18.8 Å². The summed E-state index contributed by atoms with van der Waals surface area (Å²) in [7, 11) is 0. The third-order valence-corrected chi connectivity index (χ3v) is 5.92. The van der Waals surface area contributed by atoms with Crippen LogP contribution in [0.5, 0.6) is 0 Å². The van der Waals surface area contributed by atoms with Gasteiger partial charge in [0.25, 0.3) is 11.5 Å². The van der Waals surface area contributed by atoms with Crippen molar-refractivity contribution in [2.45, 2.75) is 76.8 Å². The minimum Gasteiger partial charge on any atom is -0.349 e. The summed E-state index contributed by atoms with van der Waals surface area (Å²) in [5.41, 5.74) is 0.287. The predicted molar refractivity (Wildman–Crippen MR) is 102 cm³/mol. The van der Waals surface area contributed by atoms with Gasteiger partial charge in [-0.2, -0.15) is 5.10 Å². The molecule has 144 valence electrons. The summed E-state index contributed by atoms with van der Waals surface area (Å²) in [6.45, 7) is 5.51. The van der Waals surface area contributed by atoms with Crippen molar-refractivity contribution < 1.29 is 4.79 Å². The number of hydrogen-bond donors (Lipinski definition) is 1. The molecule has 1 saturated carbocycles. The van der Waals surface area contributed by atoms with Crippen molar-refractivity contribution in [1.82, 2.24) is 20.0 Å². The van der Waals surface area contributed by atoms with Crippen molar-refractivity contribution >= 4 is 5.91 Å². The molecule has 1 aromatic heterocycles. The number of rotatable bonds is 6. The molecule has 0 bridgehead atoms. The van der Waals surface area contributed by atoms with E-state index in [0.717, 1.165) is 32.4 Å². The minimum absolute atomic E-state index is 0.103. The Kier molecular flexibility index (Phi) is 6.46. The molecule has 3 rings (SSSR count). The van der Waals surface area contributed by atoms with E-state index < -0.39 is 0 Å². The van der Waals surface area contributed by atoms with Crippen LogP contribution in [-0.2, 0) is 6.54 Å². The molecule has 1 amide bonds. The van der Waals surface area contributed by atoms with E-state index in [9.17, 15) is 9.59 Å². The highest BCUT2D eigenvalue weighted by Gasteiger charge is 2.38. The van der Waals surface area contributed by atoms with E-state index in [1.54, 1.807) is 0 Å². The van der Waals surface area contributed by atoms with Crippen LogP contribution >= 0.6 is 0 Å². The summed E-state index contributed by atoms with van der Waals surface area (Å²) in [6.07, 6.45) is 10.8. The van der Waals surface area contributed by atoms with Crippen LogP contribution in [0.3, 0.4) is 0 Å². The van der Waals surface area contributed by atoms with Gasteiger partial charge in [0.1, 0.15) is 5.69 Å². The summed E-state index contributed by atoms with van der Waals surface area (Å²) in [5, 5.41) is 7.38. The number of hydrogen-bond acceptors (Lipinski definition) is 4. The van der Waals surface area contributed by atoms with Crippen molar-refractivity contribution in [2.24, 2.45) is 0 Å². The van der Waals surface area contributed by atoms with Crippen molar-refractivity contribution in [1.29, 1.82) is 0 Å². The second-order valence-corrected chi connectivity index (χ2v) is 7.80. The van der Waals surface area contributed by atoms with Crippen LogP contribution in [0.1, 0.15) is 75.2 Å². The maximum Gasteiger partial charge on any atom is 0.271 e. The lowest BCUT2D eigenvalue weighted by molar-refractivity contribution is 0.0326. The van der Waals surface area contributed by atoms with E-state index in [2.05, 4.69) is 15.3 Å². The molecule has 0 radical (unpaired) electrons. The van der Waals surface area contributed by atoms with E-state index in [1.807, 2.05) is 6.92 Å². The summed E-state index contributed by atoms with van der Waals surface area (Å²) in [5.74, 6) is -0.170. The van der Waals surface area contributed by atoms with Gasteiger partial charge in [-0.05, 0) is 51.3 Å². The van der Waals surface area contributed by atoms with Crippen LogP contribution < -0.4 is 10.9 Å². The Balaban J connectivity index is 1.69. The maximum atomic E-state index is 12.7. The highest BCUT2D eigenvalue weighted by Crippen LogP contribution is 2.35. The Bertz CT molecular complexity index is 658. The second kappa shape index (κ2) is 8.80. The highest BCUT2D eigenvalue weighted by atomic mass is 16.2. The SMILES string of the molecule is CCCn1nc(C(=O)NCC2(N3CCCCC3)CCCCC2)ccc1=O. The fourth-order valence-electron chi connectivity index (χ4n) is 4.46. The van der Waals surface area contributed by atoms with Crippen LogP contribution in [0.4, 0.5) is 0 Å². The smallest absolute Gasteiger partial charge is 0.271 e. The van der Waals surface area contributed by atoms with E-state index in [1.165, 1.54) is 55.3 Å². The Labute approximate surface area is 156 Å². The molecule has 2 heterocycles. The topological polar surface area (TPSA) is 67.2 Å². The predicted octanol–water partition coefficient (Wildman–Crippen LogP) is 2.57. The first-order valence-electron chi connectivity index (χ1n) is 10.3. The number of piperidine rings is 1. The Morgan fingerprint density at radius 2 is 1.81 bits per heavy atom. The Hall–Kier alpha value is -1.69. The average molecular weight is 361 g/mol. The fourth-order valence-corrected chi connectivity index (χ4v) is 4.46. The molecule has 1 N–H and O–H groups in total. The number of aromatic nitrogens is 2. The van der Waals surface area contributed by atoms with Gasteiger partial charge in [0.05, 0.1) is 0 Å². The molecule has 26 heavy (non-hydrogen) atoms. The maximum absolute atomic E-state index is 12.7.